The van der Waals surface area contributed by atoms with Crippen LogP contribution in [0.4, 0.5) is 5.82 Å². The maximum absolute atomic E-state index is 12.0. The van der Waals surface area contributed by atoms with Crippen LogP contribution < -0.4 is 16.4 Å². The second kappa shape index (κ2) is 7.21. The first-order valence-electron chi connectivity index (χ1n) is 7.42. The highest BCUT2D eigenvalue weighted by atomic mass is 32.1. The standard InChI is InChI=1S/C17H18N4OS/c18-15(12-6-2-1-3-7-12)17(22)20-11-10-19-16-13-8-4-5-9-14(13)23-21-16/h1-9,15H,10-11,18H2,(H,19,21)(H,20,22)/t15-/m0/s1. The van der Waals surface area contributed by atoms with Crippen molar-refractivity contribution in [2.45, 2.75) is 6.04 Å². The van der Waals surface area contributed by atoms with Crippen LogP contribution in [0.15, 0.2) is 54.6 Å². The average molecular weight is 326 g/mol. The zero-order valence-corrected chi connectivity index (χ0v) is 13.3. The first-order chi connectivity index (χ1) is 11.3. The number of nitrogens with two attached hydrogens (primary N) is 1. The van der Waals surface area contributed by atoms with Crippen LogP contribution in [0.5, 0.6) is 0 Å². The minimum Gasteiger partial charge on any atom is -0.367 e. The van der Waals surface area contributed by atoms with Crippen LogP contribution in [-0.4, -0.2) is 23.4 Å². The number of anilines is 1. The topological polar surface area (TPSA) is 80.0 Å². The van der Waals surface area contributed by atoms with Gasteiger partial charge < -0.3 is 16.4 Å². The average Bonchev–Trinajstić information content (AvgIpc) is 3.02. The van der Waals surface area contributed by atoms with Crippen molar-refractivity contribution in [2.75, 3.05) is 18.4 Å². The van der Waals surface area contributed by atoms with E-state index in [0.29, 0.717) is 13.1 Å². The number of hydrogen-bond acceptors (Lipinski definition) is 5. The number of aromatic nitrogens is 1. The molecule has 0 spiro atoms. The normalized spacial score (nSPS) is 12.0. The van der Waals surface area contributed by atoms with Gasteiger partial charge in [0.1, 0.15) is 11.9 Å². The van der Waals surface area contributed by atoms with E-state index in [4.69, 9.17) is 5.73 Å². The van der Waals surface area contributed by atoms with Crippen LogP contribution in [0.2, 0.25) is 0 Å². The van der Waals surface area contributed by atoms with Crippen molar-refractivity contribution >= 4 is 33.3 Å². The molecule has 1 aromatic heterocycles. The Bertz CT molecular complexity index is 787. The van der Waals surface area contributed by atoms with Crippen molar-refractivity contribution in [3.05, 3.63) is 60.2 Å². The molecule has 5 nitrogen and oxygen atoms in total. The lowest BCUT2D eigenvalue weighted by atomic mass is 10.1. The molecule has 23 heavy (non-hydrogen) atoms. The lowest BCUT2D eigenvalue weighted by molar-refractivity contribution is -0.122. The first kappa shape index (κ1) is 15.5. The summed E-state index contributed by atoms with van der Waals surface area (Å²) in [7, 11) is 0. The molecule has 0 fully saturated rings. The Morgan fingerprint density at radius 3 is 2.65 bits per heavy atom. The van der Waals surface area contributed by atoms with Gasteiger partial charge in [0.25, 0.3) is 0 Å². The molecule has 0 aliphatic heterocycles. The molecule has 0 saturated heterocycles. The number of hydrogen-bond donors (Lipinski definition) is 3. The Kier molecular flexibility index (Phi) is 4.85. The van der Waals surface area contributed by atoms with Crippen LogP contribution in [0.3, 0.4) is 0 Å². The number of fused-ring (bicyclic) bond motifs is 1. The van der Waals surface area contributed by atoms with E-state index in [2.05, 4.69) is 15.0 Å². The highest BCUT2D eigenvalue weighted by Gasteiger charge is 2.14. The summed E-state index contributed by atoms with van der Waals surface area (Å²) in [5.41, 5.74) is 6.76. The zero-order chi connectivity index (χ0) is 16.1. The van der Waals surface area contributed by atoms with Gasteiger partial charge in [0, 0.05) is 18.5 Å². The largest absolute Gasteiger partial charge is 0.367 e. The molecule has 3 rings (SSSR count). The minimum absolute atomic E-state index is 0.180. The molecule has 1 atom stereocenters. The number of carbonyl (C=O) groups is 1. The predicted octanol–water partition coefficient (Wildman–Crippen LogP) is 2.52. The highest BCUT2D eigenvalue weighted by molar-refractivity contribution is 7.13. The second-order valence-corrected chi connectivity index (χ2v) is 5.94. The molecule has 6 heteroatoms. The van der Waals surface area contributed by atoms with Gasteiger partial charge in [-0.3, -0.25) is 4.79 Å². The zero-order valence-electron chi connectivity index (χ0n) is 12.5. The summed E-state index contributed by atoms with van der Waals surface area (Å²) in [6.07, 6.45) is 0. The molecule has 3 aromatic rings. The van der Waals surface area contributed by atoms with Gasteiger partial charge in [-0.25, -0.2) is 0 Å². The maximum atomic E-state index is 12.0. The molecular formula is C17H18N4OS. The molecule has 0 unspecified atom stereocenters. The smallest absolute Gasteiger partial charge is 0.241 e. The summed E-state index contributed by atoms with van der Waals surface area (Å²) in [4.78, 5) is 12.0. The van der Waals surface area contributed by atoms with E-state index in [0.717, 1.165) is 21.5 Å². The number of benzene rings is 2. The van der Waals surface area contributed by atoms with Crippen molar-refractivity contribution in [1.29, 1.82) is 0 Å². The number of rotatable bonds is 6. The summed E-state index contributed by atoms with van der Waals surface area (Å²) < 4.78 is 5.53. The van der Waals surface area contributed by atoms with Gasteiger partial charge in [-0.1, -0.05) is 42.5 Å². The van der Waals surface area contributed by atoms with E-state index in [9.17, 15) is 4.79 Å². The Morgan fingerprint density at radius 1 is 1.09 bits per heavy atom. The molecule has 1 heterocycles. The molecule has 4 N–H and O–H groups in total. The van der Waals surface area contributed by atoms with Gasteiger partial charge in [-0.2, -0.15) is 4.37 Å². The monoisotopic (exact) mass is 326 g/mol. The molecule has 0 radical (unpaired) electrons. The first-order valence-corrected chi connectivity index (χ1v) is 8.19. The van der Waals surface area contributed by atoms with Crippen LogP contribution in [0.25, 0.3) is 10.1 Å². The number of carbonyl (C=O) groups excluding carboxylic acids is 1. The van der Waals surface area contributed by atoms with Gasteiger partial charge in [-0.05, 0) is 29.2 Å². The van der Waals surface area contributed by atoms with Crippen LogP contribution in [0.1, 0.15) is 11.6 Å². The summed E-state index contributed by atoms with van der Waals surface area (Å²) in [6.45, 7) is 1.09. The SMILES string of the molecule is N[C@H](C(=O)NCCNc1nsc2ccccc12)c1ccccc1. The molecule has 0 bridgehead atoms. The fourth-order valence-electron chi connectivity index (χ4n) is 2.30. The third-order valence-electron chi connectivity index (χ3n) is 3.54. The Balaban J connectivity index is 1.49. The third-order valence-corrected chi connectivity index (χ3v) is 4.36. The van der Waals surface area contributed by atoms with E-state index in [1.54, 1.807) is 0 Å². The van der Waals surface area contributed by atoms with Gasteiger partial charge >= 0.3 is 0 Å². The number of nitrogens with one attached hydrogen (secondary N) is 2. The van der Waals surface area contributed by atoms with Gasteiger partial charge in [0.2, 0.25) is 5.91 Å². The lowest BCUT2D eigenvalue weighted by Crippen LogP contribution is -2.36. The molecule has 2 aromatic carbocycles. The van der Waals surface area contributed by atoms with Crippen molar-refractivity contribution in [3.8, 4) is 0 Å². The minimum atomic E-state index is -0.642. The quantitative estimate of drug-likeness (QED) is 0.608. The van der Waals surface area contributed by atoms with Gasteiger partial charge in [-0.15, -0.1) is 0 Å². The van der Waals surface area contributed by atoms with Crippen molar-refractivity contribution in [3.63, 3.8) is 0 Å². The van der Waals surface area contributed by atoms with E-state index in [-0.39, 0.29) is 5.91 Å². The van der Waals surface area contributed by atoms with Gasteiger partial charge in [0.05, 0.1) is 4.70 Å². The summed E-state index contributed by atoms with van der Waals surface area (Å²) in [5, 5.41) is 7.19. The Hall–Kier alpha value is -2.44. The summed E-state index contributed by atoms with van der Waals surface area (Å²) >= 11 is 1.46. The van der Waals surface area contributed by atoms with E-state index >= 15 is 0 Å². The van der Waals surface area contributed by atoms with E-state index in [1.807, 2.05) is 54.6 Å². The van der Waals surface area contributed by atoms with Crippen LogP contribution >= 0.6 is 11.5 Å². The fraction of sp³-hybridized carbons (Fsp3) is 0.176. The predicted molar refractivity (Wildman–Crippen MR) is 94.5 cm³/mol. The molecule has 1 amide bonds. The highest BCUT2D eigenvalue weighted by Crippen LogP contribution is 2.25. The molecular weight excluding hydrogens is 308 g/mol. The van der Waals surface area contributed by atoms with E-state index < -0.39 is 6.04 Å². The number of nitrogens with zero attached hydrogens (tertiary/aromatic N) is 1. The fourth-order valence-corrected chi connectivity index (χ4v) is 3.06. The maximum Gasteiger partial charge on any atom is 0.241 e. The van der Waals surface area contributed by atoms with Crippen LogP contribution in [-0.2, 0) is 4.79 Å². The summed E-state index contributed by atoms with van der Waals surface area (Å²) in [5.74, 6) is 0.674. The van der Waals surface area contributed by atoms with E-state index in [1.165, 1.54) is 11.5 Å². The van der Waals surface area contributed by atoms with Gasteiger partial charge in [0.15, 0.2) is 0 Å². The van der Waals surface area contributed by atoms with Crippen molar-refractivity contribution in [2.24, 2.45) is 5.73 Å². The van der Waals surface area contributed by atoms with Crippen LogP contribution in [0, 0.1) is 0 Å². The number of amides is 1. The Morgan fingerprint density at radius 2 is 1.83 bits per heavy atom. The van der Waals surface area contributed by atoms with Crippen molar-refractivity contribution < 1.29 is 4.79 Å². The third kappa shape index (κ3) is 3.67. The second-order valence-electron chi connectivity index (χ2n) is 5.13. The molecule has 0 saturated carbocycles. The summed E-state index contributed by atoms with van der Waals surface area (Å²) in [6, 6.07) is 16.8. The lowest BCUT2D eigenvalue weighted by Gasteiger charge is -2.12. The molecule has 0 aliphatic carbocycles. The Labute approximate surface area is 138 Å². The molecule has 118 valence electrons. The van der Waals surface area contributed by atoms with Crippen molar-refractivity contribution in [1.82, 2.24) is 9.69 Å². The molecule has 0 aliphatic rings.